The van der Waals surface area contributed by atoms with Crippen molar-refractivity contribution in [2.75, 3.05) is 13.7 Å². The second kappa shape index (κ2) is 5.05. The van der Waals surface area contributed by atoms with Crippen LogP contribution in [0.2, 0.25) is 5.02 Å². The summed E-state index contributed by atoms with van der Waals surface area (Å²) in [5.41, 5.74) is 5.53. The molecule has 16 heavy (non-hydrogen) atoms. The third kappa shape index (κ3) is 2.37. The van der Waals surface area contributed by atoms with E-state index in [2.05, 4.69) is 0 Å². The van der Waals surface area contributed by atoms with Crippen LogP contribution in [0.1, 0.15) is 11.5 Å². The Kier molecular flexibility index (Phi) is 3.98. The Morgan fingerprint density at radius 3 is 2.69 bits per heavy atom. The first-order valence-corrected chi connectivity index (χ1v) is 4.88. The van der Waals surface area contributed by atoms with E-state index in [1.54, 1.807) is 0 Å². The lowest BCUT2D eigenvalue weighted by Gasteiger charge is -2.14. The molecule has 0 heterocycles. The van der Waals surface area contributed by atoms with Gasteiger partial charge in [0.25, 0.3) is 0 Å². The van der Waals surface area contributed by atoms with Crippen LogP contribution in [0.3, 0.4) is 0 Å². The van der Waals surface area contributed by atoms with Crippen molar-refractivity contribution in [3.63, 3.8) is 0 Å². The number of phenolic OH excluding ortho intramolecular Hbond substituents is 1. The zero-order valence-corrected chi connectivity index (χ0v) is 9.36. The number of carboxylic acid groups (broad SMARTS) is 1. The number of rotatable bonds is 4. The van der Waals surface area contributed by atoms with Gasteiger partial charge in [0.15, 0.2) is 0 Å². The number of aromatic hydroxyl groups is 1. The number of hydrogen-bond acceptors (Lipinski definition) is 4. The molecule has 1 unspecified atom stereocenters. The zero-order chi connectivity index (χ0) is 12.3. The Morgan fingerprint density at radius 1 is 1.62 bits per heavy atom. The maximum absolute atomic E-state index is 10.9. The number of aliphatic carboxylic acids is 1. The molecule has 4 N–H and O–H groups in total. The molecule has 1 rings (SSSR count). The standard InChI is InChI=1S/C10H12ClNO4/c1-16-9-2-5(6(4-12)10(14)15)8(13)3-7(9)11/h2-3,6,13H,4,12H2,1H3,(H,14,15). The minimum atomic E-state index is -1.11. The number of ether oxygens (including phenoxy) is 1. The van der Waals surface area contributed by atoms with E-state index in [1.807, 2.05) is 0 Å². The Hall–Kier alpha value is -1.46. The lowest BCUT2D eigenvalue weighted by molar-refractivity contribution is -0.138. The highest BCUT2D eigenvalue weighted by molar-refractivity contribution is 6.32. The summed E-state index contributed by atoms with van der Waals surface area (Å²) in [5, 5.41) is 18.7. The first-order valence-electron chi connectivity index (χ1n) is 4.50. The summed E-state index contributed by atoms with van der Waals surface area (Å²) >= 11 is 5.77. The van der Waals surface area contributed by atoms with Crippen LogP contribution in [0, 0.1) is 0 Å². The third-order valence-electron chi connectivity index (χ3n) is 2.21. The maximum atomic E-state index is 10.9. The monoisotopic (exact) mass is 245 g/mol. The number of carbonyl (C=O) groups is 1. The predicted octanol–water partition coefficient (Wildman–Crippen LogP) is 1.18. The highest BCUT2D eigenvalue weighted by Crippen LogP contribution is 2.35. The quantitative estimate of drug-likeness (QED) is 0.741. The van der Waals surface area contributed by atoms with E-state index in [0.29, 0.717) is 5.75 Å². The van der Waals surface area contributed by atoms with Gasteiger partial charge in [0.2, 0.25) is 0 Å². The predicted molar refractivity (Wildman–Crippen MR) is 59.1 cm³/mol. The Balaban J connectivity index is 3.26. The normalized spacial score (nSPS) is 12.2. The van der Waals surface area contributed by atoms with Gasteiger partial charge in [-0.1, -0.05) is 11.6 Å². The van der Waals surface area contributed by atoms with Crippen molar-refractivity contribution in [3.8, 4) is 11.5 Å². The van der Waals surface area contributed by atoms with Gasteiger partial charge in [-0.2, -0.15) is 0 Å². The molecule has 0 aromatic heterocycles. The summed E-state index contributed by atoms with van der Waals surface area (Å²) in [7, 11) is 1.40. The van der Waals surface area contributed by atoms with Crippen molar-refractivity contribution in [2.24, 2.45) is 5.73 Å². The molecule has 0 fully saturated rings. The van der Waals surface area contributed by atoms with Gasteiger partial charge >= 0.3 is 5.97 Å². The summed E-state index contributed by atoms with van der Waals surface area (Å²) in [6.07, 6.45) is 0. The highest BCUT2D eigenvalue weighted by Gasteiger charge is 2.23. The van der Waals surface area contributed by atoms with Crippen molar-refractivity contribution in [1.29, 1.82) is 0 Å². The fourth-order valence-electron chi connectivity index (χ4n) is 1.35. The lowest BCUT2D eigenvalue weighted by atomic mass is 9.98. The molecule has 1 atom stereocenters. The van der Waals surface area contributed by atoms with Crippen LogP contribution in [-0.2, 0) is 4.79 Å². The second-order valence-corrected chi connectivity index (χ2v) is 3.58. The van der Waals surface area contributed by atoms with Crippen molar-refractivity contribution in [2.45, 2.75) is 5.92 Å². The molecule has 0 aliphatic rings. The van der Waals surface area contributed by atoms with E-state index >= 15 is 0 Å². The molecule has 1 aromatic carbocycles. The van der Waals surface area contributed by atoms with E-state index in [4.69, 9.17) is 27.2 Å². The Morgan fingerprint density at radius 2 is 2.25 bits per heavy atom. The fraction of sp³-hybridized carbons (Fsp3) is 0.300. The number of hydrogen-bond donors (Lipinski definition) is 3. The number of phenols is 1. The Labute approximate surface area is 97.4 Å². The molecule has 6 heteroatoms. The molecular formula is C10H12ClNO4. The molecule has 0 spiro atoms. The van der Waals surface area contributed by atoms with E-state index in [0.717, 1.165) is 0 Å². The number of carboxylic acids is 1. The SMILES string of the molecule is COc1cc(C(CN)C(=O)O)c(O)cc1Cl. The van der Waals surface area contributed by atoms with Gasteiger partial charge in [0.1, 0.15) is 11.5 Å². The number of benzene rings is 1. The largest absolute Gasteiger partial charge is 0.508 e. The van der Waals surface area contributed by atoms with Crippen molar-refractivity contribution < 1.29 is 19.7 Å². The molecule has 0 saturated carbocycles. The molecule has 0 radical (unpaired) electrons. The van der Waals surface area contributed by atoms with Crippen LogP contribution in [0.15, 0.2) is 12.1 Å². The molecule has 88 valence electrons. The lowest BCUT2D eigenvalue weighted by Crippen LogP contribution is -2.21. The molecule has 1 aromatic rings. The average molecular weight is 246 g/mol. The summed E-state index contributed by atoms with van der Waals surface area (Å²) in [4.78, 5) is 10.9. The van der Waals surface area contributed by atoms with Crippen LogP contribution in [-0.4, -0.2) is 29.8 Å². The van der Waals surface area contributed by atoms with Crippen molar-refractivity contribution >= 4 is 17.6 Å². The van der Waals surface area contributed by atoms with E-state index in [1.165, 1.54) is 19.2 Å². The molecule has 0 aliphatic heterocycles. The summed E-state index contributed by atoms with van der Waals surface area (Å²) in [5.74, 6) is -1.99. The third-order valence-corrected chi connectivity index (χ3v) is 2.51. The first kappa shape index (κ1) is 12.6. The molecule has 0 bridgehead atoms. The van der Waals surface area contributed by atoms with Crippen molar-refractivity contribution in [3.05, 3.63) is 22.7 Å². The van der Waals surface area contributed by atoms with E-state index in [-0.39, 0.29) is 22.9 Å². The molecule has 5 nitrogen and oxygen atoms in total. The number of halogens is 1. The second-order valence-electron chi connectivity index (χ2n) is 3.17. The number of nitrogens with two attached hydrogens (primary N) is 1. The molecular weight excluding hydrogens is 234 g/mol. The van der Waals surface area contributed by atoms with E-state index < -0.39 is 11.9 Å². The summed E-state index contributed by atoms with van der Waals surface area (Å²) in [6, 6.07) is 2.62. The van der Waals surface area contributed by atoms with Gasteiger partial charge < -0.3 is 20.7 Å². The van der Waals surface area contributed by atoms with Crippen LogP contribution in [0.5, 0.6) is 11.5 Å². The average Bonchev–Trinajstić information content (AvgIpc) is 2.21. The van der Waals surface area contributed by atoms with Gasteiger partial charge in [-0.25, -0.2) is 0 Å². The van der Waals surface area contributed by atoms with Gasteiger partial charge in [-0.05, 0) is 6.07 Å². The number of methoxy groups -OCH3 is 1. The van der Waals surface area contributed by atoms with Crippen LogP contribution >= 0.6 is 11.6 Å². The molecule has 0 saturated heterocycles. The fourth-order valence-corrected chi connectivity index (χ4v) is 1.59. The van der Waals surface area contributed by atoms with Crippen molar-refractivity contribution in [1.82, 2.24) is 0 Å². The van der Waals surface area contributed by atoms with Crippen LogP contribution in [0.25, 0.3) is 0 Å². The minimum Gasteiger partial charge on any atom is -0.508 e. The van der Waals surface area contributed by atoms with Crippen LogP contribution < -0.4 is 10.5 Å². The Bertz CT molecular complexity index is 408. The molecule has 0 aliphatic carbocycles. The maximum Gasteiger partial charge on any atom is 0.312 e. The minimum absolute atomic E-state index is 0.117. The summed E-state index contributed by atoms with van der Waals surface area (Å²) < 4.78 is 4.94. The van der Waals surface area contributed by atoms with Gasteiger partial charge in [0.05, 0.1) is 18.1 Å². The summed E-state index contributed by atoms with van der Waals surface area (Å²) in [6.45, 7) is -0.117. The van der Waals surface area contributed by atoms with Gasteiger partial charge in [-0.15, -0.1) is 0 Å². The first-order chi connectivity index (χ1) is 7.51. The zero-order valence-electron chi connectivity index (χ0n) is 8.61. The highest BCUT2D eigenvalue weighted by atomic mass is 35.5. The molecule has 0 amide bonds. The van der Waals surface area contributed by atoms with Gasteiger partial charge in [-0.3, -0.25) is 4.79 Å². The topological polar surface area (TPSA) is 92.8 Å². The smallest absolute Gasteiger partial charge is 0.312 e. The van der Waals surface area contributed by atoms with Gasteiger partial charge in [0, 0.05) is 18.2 Å². The van der Waals surface area contributed by atoms with Crippen LogP contribution in [0.4, 0.5) is 0 Å². The van der Waals surface area contributed by atoms with E-state index in [9.17, 15) is 9.90 Å².